The Labute approximate surface area is 232 Å². The van der Waals surface area contributed by atoms with Crippen molar-refractivity contribution < 1.29 is 27.0 Å². The maximum atomic E-state index is 15.3. The highest BCUT2D eigenvalue weighted by Gasteiger charge is 2.30. The van der Waals surface area contributed by atoms with Gasteiger partial charge in [0.2, 0.25) is 0 Å². The summed E-state index contributed by atoms with van der Waals surface area (Å²) < 4.78 is 69.9. The third-order valence-corrected chi connectivity index (χ3v) is 8.30. The van der Waals surface area contributed by atoms with Crippen LogP contribution in [0.2, 0.25) is 0 Å². The molecule has 208 valence electrons. The molecule has 6 rings (SSSR count). The molecule has 1 N–H and O–H groups in total. The number of aromatic nitrogens is 2. The molecular weight excluding hydrogens is 542 g/mol. The molecule has 0 atom stereocenters. The molecule has 10 heteroatoms. The summed E-state index contributed by atoms with van der Waals surface area (Å²) in [5, 5.41) is 8.69. The molecule has 1 saturated heterocycles. The highest BCUT2D eigenvalue weighted by Crippen LogP contribution is 2.50. The molecule has 1 aliphatic rings. The van der Waals surface area contributed by atoms with Gasteiger partial charge in [0.05, 0.1) is 23.3 Å². The number of nitrogens with one attached hydrogen (secondary N) is 1. The van der Waals surface area contributed by atoms with E-state index >= 15 is 8.78 Å². The quantitative estimate of drug-likeness (QED) is 0.182. The number of rotatable bonds is 9. The van der Waals surface area contributed by atoms with Gasteiger partial charge in [-0.15, -0.1) is 11.3 Å². The molecule has 2 aromatic heterocycles. The Hall–Kier alpha value is -3.63. The molecule has 0 bridgehead atoms. The molecule has 1 fully saturated rings. The van der Waals surface area contributed by atoms with Crippen molar-refractivity contribution in [2.24, 2.45) is 0 Å². The molecule has 0 saturated carbocycles. The normalized spacial score (nSPS) is 14.7. The van der Waals surface area contributed by atoms with E-state index in [1.54, 1.807) is 18.3 Å². The van der Waals surface area contributed by atoms with Crippen LogP contribution in [0.15, 0.2) is 54.7 Å². The molecule has 0 amide bonds. The van der Waals surface area contributed by atoms with E-state index in [0.717, 1.165) is 21.0 Å². The van der Waals surface area contributed by atoms with E-state index in [9.17, 15) is 8.78 Å². The van der Waals surface area contributed by atoms with Crippen molar-refractivity contribution in [3.05, 3.63) is 71.9 Å². The van der Waals surface area contributed by atoms with Crippen LogP contribution in [0.1, 0.15) is 25.8 Å². The number of hydrogen-bond donors (Lipinski definition) is 1. The van der Waals surface area contributed by atoms with E-state index in [-0.39, 0.29) is 29.8 Å². The fourth-order valence-corrected chi connectivity index (χ4v) is 6.32. The van der Waals surface area contributed by atoms with Gasteiger partial charge < -0.3 is 9.47 Å². The standard InChI is InChI=1S/C30H27F4N3O2S/c1-30(2,34)23-12-17(32)4-6-20(23)29-27(21-7-8-25-22(14-35-36-25)28(21)40-29)39-18-5-9-26(24(33)13-18)38-19-15-37(16-19)11-3-10-31/h4-9,12-14,19H,3,10-11,15-16H2,1-2H3,(H,35,36). The lowest BCUT2D eigenvalue weighted by Crippen LogP contribution is -2.54. The minimum absolute atomic E-state index is 0.109. The predicted octanol–water partition coefficient (Wildman–Crippen LogP) is 8.14. The molecule has 3 aromatic carbocycles. The van der Waals surface area contributed by atoms with Crippen molar-refractivity contribution in [2.45, 2.75) is 32.0 Å². The minimum atomic E-state index is -1.83. The molecule has 5 nitrogen and oxygen atoms in total. The van der Waals surface area contributed by atoms with Crippen molar-refractivity contribution in [1.82, 2.24) is 15.1 Å². The molecule has 1 aliphatic heterocycles. The van der Waals surface area contributed by atoms with Crippen LogP contribution in [-0.2, 0) is 5.67 Å². The first kappa shape index (κ1) is 26.6. The third-order valence-electron chi connectivity index (χ3n) is 7.04. The van der Waals surface area contributed by atoms with Crippen LogP contribution in [0.25, 0.3) is 31.4 Å². The van der Waals surface area contributed by atoms with Gasteiger partial charge in [0, 0.05) is 52.3 Å². The molecule has 40 heavy (non-hydrogen) atoms. The van der Waals surface area contributed by atoms with Gasteiger partial charge >= 0.3 is 0 Å². The van der Waals surface area contributed by atoms with Crippen molar-refractivity contribution in [2.75, 3.05) is 26.3 Å². The van der Waals surface area contributed by atoms with E-state index < -0.39 is 17.3 Å². The number of aromatic amines is 1. The van der Waals surface area contributed by atoms with Crippen LogP contribution in [0, 0.1) is 11.6 Å². The largest absolute Gasteiger partial charge is 0.485 e. The van der Waals surface area contributed by atoms with Crippen molar-refractivity contribution in [3.63, 3.8) is 0 Å². The summed E-state index contributed by atoms with van der Waals surface area (Å²) >= 11 is 1.38. The number of likely N-dealkylation sites (tertiary alicyclic amines) is 1. The van der Waals surface area contributed by atoms with E-state index in [4.69, 9.17) is 9.47 Å². The SMILES string of the molecule is CC(C)(F)c1cc(F)ccc1-c1sc2c(ccc3[nH]ncc32)c1Oc1ccc(OC2CN(CCCF)C2)c(F)c1. The van der Waals surface area contributed by atoms with E-state index in [1.165, 1.54) is 49.4 Å². The molecule has 0 unspecified atom stereocenters. The van der Waals surface area contributed by atoms with E-state index in [1.807, 2.05) is 12.1 Å². The first-order valence-electron chi connectivity index (χ1n) is 13.0. The van der Waals surface area contributed by atoms with Gasteiger partial charge in [-0.1, -0.05) is 6.07 Å². The summed E-state index contributed by atoms with van der Waals surface area (Å²) in [6.07, 6.45) is 2.02. The first-order valence-corrected chi connectivity index (χ1v) is 13.8. The Bertz CT molecular complexity index is 1690. The minimum Gasteiger partial charge on any atom is -0.485 e. The van der Waals surface area contributed by atoms with Crippen LogP contribution in [0.3, 0.4) is 0 Å². The van der Waals surface area contributed by atoms with Crippen molar-refractivity contribution in [1.29, 1.82) is 0 Å². The first-order chi connectivity index (χ1) is 19.2. The monoisotopic (exact) mass is 569 g/mol. The van der Waals surface area contributed by atoms with E-state index in [2.05, 4.69) is 15.1 Å². The molecule has 5 aromatic rings. The Morgan fingerprint density at radius 1 is 1.07 bits per heavy atom. The van der Waals surface area contributed by atoms with Crippen LogP contribution < -0.4 is 9.47 Å². The number of H-pyrrole nitrogens is 1. The number of ether oxygens (including phenoxy) is 2. The molecular formula is C30H27F4N3O2S. The molecule has 0 aliphatic carbocycles. The van der Waals surface area contributed by atoms with Crippen LogP contribution in [-0.4, -0.2) is 47.5 Å². The summed E-state index contributed by atoms with van der Waals surface area (Å²) in [4.78, 5) is 2.65. The van der Waals surface area contributed by atoms with Gasteiger partial charge in [-0.3, -0.25) is 14.4 Å². The Kier molecular flexibility index (Phi) is 6.92. The fraction of sp³-hybridized carbons (Fsp3) is 0.300. The molecule has 0 radical (unpaired) electrons. The smallest absolute Gasteiger partial charge is 0.168 e. The topological polar surface area (TPSA) is 50.4 Å². The van der Waals surface area contributed by atoms with Gasteiger partial charge in [-0.05, 0) is 56.7 Å². The lowest BCUT2D eigenvalue weighted by molar-refractivity contribution is 0.0161. The van der Waals surface area contributed by atoms with Crippen LogP contribution in [0.4, 0.5) is 17.6 Å². The summed E-state index contributed by atoms with van der Waals surface area (Å²) in [5.74, 6) is -0.362. The number of hydrogen-bond acceptors (Lipinski definition) is 5. The number of nitrogens with zero attached hydrogens (tertiary/aromatic N) is 2. The lowest BCUT2D eigenvalue weighted by atomic mass is 9.93. The highest BCUT2D eigenvalue weighted by molar-refractivity contribution is 7.23. The zero-order chi connectivity index (χ0) is 28.0. The van der Waals surface area contributed by atoms with Gasteiger partial charge in [-0.25, -0.2) is 13.2 Å². The molecule has 3 heterocycles. The van der Waals surface area contributed by atoms with Crippen molar-refractivity contribution in [3.8, 4) is 27.7 Å². The summed E-state index contributed by atoms with van der Waals surface area (Å²) in [6, 6.07) is 12.2. The van der Waals surface area contributed by atoms with E-state index in [0.29, 0.717) is 42.2 Å². The Morgan fingerprint density at radius 3 is 2.65 bits per heavy atom. The predicted molar refractivity (Wildman–Crippen MR) is 149 cm³/mol. The van der Waals surface area contributed by atoms with Gasteiger partial charge in [0.25, 0.3) is 0 Å². The maximum Gasteiger partial charge on any atom is 0.168 e. The zero-order valence-corrected chi connectivity index (χ0v) is 22.8. The second-order valence-corrected chi connectivity index (χ2v) is 11.5. The summed E-state index contributed by atoms with van der Waals surface area (Å²) in [6.45, 7) is 4.29. The van der Waals surface area contributed by atoms with Gasteiger partial charge in [0.15, 0.2) is 17.3 Å². The Balaban J connectivity index is 1.36. The average molecular weight is 570 g/mol. The Morgan fingerprint density at radius 2 is 1.90 bits per heavy atom. The lowest BCUT2D eigenvalue weighted by Gasteiger charge is -2.38. The molecule has 0 spiro atoms. The number of benzene rings is 3. The zero-order valence-electron chi connectivity index (χ0n) is 21.9. The summed E-state index contributed by atoms with van der Waals surface area (Å²) in [7, 11) is 0. The number of halogens is 4. The number of alkyl halides is 2. The van der Waals surface area contributed by atoms with Crippen LogP contribution in [0.5, 0.6) is 17.2 Å². The highest BCUT2D eigenvalue weighted by atomic mass is 32.1. The second kappa shape index (κ2) is 10.4. The number of fused-ring (bicyclic) bond motifs is 3. The van der Waals surface area contributed by atoms with Gasteiger partial charge in [-0.2, -0.15) is 5.10 Å². The van der Waals surface area contributed by atoms with Gasteiger partial charge in [0.1, 0.15) is 23.3 Å². The van der Waals surface area contributed by atoms with Crippen molar-refractivity contribution >= 4 is 32.3 Å². The van der Waals surface area contributed by atoms with Crippen LogP contribution >= 0.6 is 11.3 Å². The average Bonchev–Trinajstić information content (AvgIpc) is 3.51. The third kappa shape index (κ3) is 5.01. The maximum absolute atomic E-state index is 15.3. The fourth-order valence-electron chi connectivity index (χ4n) is 5.04. The summed E-state index contributed by atoms with van der Waals surface area (Å²) in [5.41, 5.74) is -0.333. The second-order valence-electron chi connectivity index (χ2n) is 10.4. The number of thiophene rings is 1.